The number of nitrogens with zero attached hydrogens (tertiary/aromatic N) is 2. The Kier molecular flexibility index (Phi) is 9.73. The molecule has 4 aromatic rings. The Morgan fingerprint density at radius 1 is 0.694 bits per heavy atom. The predicted octanol–water partition coefficient (Wildman–Crippen LogP) is 8.14. The van der Waals surface area contributed by atoms with Gasteiger partial charge in [0.2, 0.25) is 11.4 Å². The second-order valence-corrected chi connectivity index (χ2v) is 15.3. The zero-order valence-corrected chi connectivity index (χ0v) is 30.5. The van der Waals surface area contributed by atoms with Gasteiger partial charge < -0.3 is 4.90 Å². The van der Waals surface area contributed by atoms with Crippen LogP contribution < -0.4 is 4.90 Å². The topological polar surface area (TPSA) is 115 Å². The van der Waals surface area contributed by atoms with Gasteiger partial charge in [-0.2, -0.15) is 21.4 Å². The minimum absolute atomic E-state index is 0.115. The maximum atomic E-state index is 12.6. The molecule has 0 amide bonds. The number of allylic oxidation sites excluding steroid dienone is 5. The third kappa shape index (κ3) is 7.09. The molecule has 1 aliphatic carbocycles. The SMILES string of the molecule is Cc1cc(C)c([N+](C)=C2C=CC(=C(c3ccc(N(C)c4c(C)cc(C)c(S(=O)(=O)O)c4C)cc3)c3ccccc3S(=O)(=O)O)C=C2)c(C)c1. The minimum atomic E-state index is -4.56. The van der Waals surface area contributed by atoms with Gasteiger partial charge in [-0.3, -0.25) is 9.11 Å². The Morgan fingerprint density at radius 2 is 1.27 bits per heavy atom. The summed E-state index contributed by atoms with van der Waals surface area (Å²) in [4.78, 5) is 1.53. The van der Waals surface area contributed by atoms with E-state index in [1.54, 1.807) is 38.1 Å². The van der Waals surface area contributed by atoms with E-state index >= 15 is 0 Å². The van der Waals surface area contributed by atoms with Gasteiger partial charge in [-0.1, -0.05) is 42.0 Å². The molecule has 0 unspecified atom stereocenters. The summed E-state index contributed by atoms with van der Waals surface area (Å²) in [6.07, 6.45) is 7.86. The van der Waals surface area contributed by atoms with Crippen LogP contribution in [0.1, 0.15) is 44.5 Å². The zero-order valence-electron chi connectivity index (χ0n) is 28.9. The van der Waals surface area contributed by atoms with E-state index < -0.39 is 20.2 Å². The standard InChI is InChI=1S/C39H40N2O6S2/c1-24-21-25(2)37(26(3)22-24)40(7)32-17-13-30(14-18-32)36(34-11-9-10-12-35(34)48(42,43)44)31-15-19-33(20-16-31)41(8)38-27(4)23-28(5)39(29(38)6)49(45,46)47/h9-23H,1-8H3,(H-,42,43,44,45,46,47)/p+1. The van der Waals surface area contributed by atoms with E-state index in [2.05, 4.69) is 37.5 Å². The summed E-state index contributed by atoms with van der Waals surface area (Å²) in [6.45, 7) is 11.5. The first-order valence-electron chi connectivity index (χ1n) is 15.7. The van der Waals surface area contributed by atoms with Gasteiger partial charge in [0.1, 0.15) is 16.8 Å². The molecule has 0 fully saturated rings. The van der Waals surface area contributed by atoms with E-state index in [1.165, 1.54) is 11.6 Å². The summed E-state index contributed by atoms with van der Waals surface area (Å²) >= 11 is 0. The van der Waals surface area contributed by atoms with Crippen molar-refractivity contribution in [2.45, 2.75) is 51.3 Å². The predicted molar refractivity (Wildman–Crippen MR) is 197 cm³/mol. The van der Waals surface area contributed by atoms with E-state index in [9.17, 15) is 25.9 Å². The van der Waals surface area contributed by atoms with Crippen molar-refractivity contribution in [3.05, 3.63) is 141 Å². The summed E-state index contributed by atoms with van der Waals surface area (Å²) in [5, 5.41) is 0. The molecule has 0 radical (unpaired) electrons. The third-order valence-electron chi connectivity index (χ3n) is 8.95. The molecule has 0 bridgehead atoms. The van der Waals surface area contributed by atoms with Gasteiger partial charge in [0.05, 0.1) is 0 Å². The van der Waals surface area contributed by atoms with Crippen molar-refractivity contribution >= 4 is 48.6 Å². The highest BCUT2D eigenvalue weighted by Crippen LogP contribution is 2.38. The number of aryl methyl sites for hydroxylation is 5. The van der Waals surface area contributed by atoms with Crippen LogP contribution in [0.25, 0.3) is 5.57 Å². The zero-order chi connectivity index (χ0) is 36.0. The van der Waals surface area contributed by atoms with Crippen molar-refractivity contribution in [2.75, 3.05) is 19.0 Å². The second kappa shape index (κ2) is 13.4. The molecule has 254 valence electrons. The average molecular weight is 698 g/mol. The average Bonchev–Trinajstić information content (AvgIpc) is 3.00. The van der Waals surface area contributed by atoms with Gasteiger partial charge >= 0.3 is 0 Å². The van der Waals surface area contributed by atoms with Crippen LogP contribution in [0.4, 0.5) is 17.1 Å². The number of anilines is 2. The van der Waals surface area contributed by atoms with Crippen LogP contribution in [0.5, 0.6) is 0 Å². The largest absolute Gasteiger partial charge is 0.344 e. The molecule has 10 heteroatoms. The molecular weight excluding hydrogens is 657 g/mol. The summed E-state index contributed by atoms with van der Waals surface area (Å²) in [6, 6.07) is 19.9. The van der Waals surface area contributed by atoms with Crippen molar-refractivity contribution in [3.63, 3.8) is 0 Å². The van der Waals surface area contributed by atoms with Gasteiger partial charge in [0, 0.05) is 47.3 Å². The Balaban J connectivity index is 1.65. The normalized spacial score (nSPS) is 13.2. The van der Waals surface area contributed by atoms with Crippen LogP contribution in [0.3, 0.4) is 0 Å². The lowest BCUT2D eigenvalue weighted by Crippen LogP contribution is -2.16. The van der Waals surface area contributed by atoms with E-state index in [0.717, 1.165) is 39.3 Å². The lowest BCUT2D eigenvalue weighted by molar-refractivity contribution is -0.404. The molecule has 0 aliphatic heterocycles. The fraction of sp³-hybridized carbons (Fsp3) is 0.205. The molecule has 1 aliphatic rings. The molecule has 0 saturated carbocycles. The monoisotopic (exact) mass is 697 g/mol. The molecule has 0 aromatic heterocycles. The Hall–Kier alpha value is -4.61. The van der Waals surface area contributed by atoms with Crippen molar-refractivity contribution in [3.8, 4) is 0 Å². The van der Waals surface area contributed by atoms with Gasteiger partial charge in [-0.15, -0.1) is 0 Å². The van der Waals surface area contributed by atoms with E-state index in [4.69, 9.17) is 0 Å². The lowest BCUT2D eigenvalue weighted by atomic mass is 9.90. The highest BCUT2D eigenvalue weighted by Gasteiger charge is 2.25. The van der Waals surface area contributed by atoms with E-state index in [1.807, 2.05) is 74.5 Å². The second-order valence-electron chi connectivity index (χ2n) is 12.6. The van der Waals surface area contributed by atoms with Crippen LogP contribution in [0.2, 0.25) is 0 Å². The molecule has 49 heavy (non-hydrogen) atoms. The Morgan fingerprint density at radius 3 is 1.82 bits per heavy atom. The van der Waals surface area contributed by atoms with Gasteiger partial charge in [0.25, 0.3) is 20.2 Å². The summed E-state index contributed by atoms with van der Waals surface area (Å²) < 4.78 is 71.9. The van der Waals surface area contributed by atoms with Crippen LogP contribution in [-0.2, 0) is 20.2 Å². The van der Waals surface area contributed by atoms with Crippen LogP contribution in [0, 0.1) is 41.5 Å². The Labute approximate surface area is 289 Å². The molecule has 0 atom stereocenters. The highest BCUT2D eigenvalue weighted by molar-refractivity contribution is 7.86. The van der Waals surface area contributed by atoms with Crippen molar-refractivity contribution < 1.29 is 30.5 Å². The van der Waals surface area contributed by atoms with Crippen LogP contribution in [0.15, 0.2) is 106 Å². The molecule has 0 heterocycles. The number of hydrogen-bond acceptors (Lipinski definition) is 5. The van der Waals surface area contributed by atoms with Crippen molar-refractivity contribution in [1.29, 1.82) is 0 Å². The molecule has 5 rings (SSSR count). The first-order chi connectivity index (χ1) is 22.9. The first-order valence-corrected chi connectivity index (χ1v) is 18.6. The molecule has 0 spiro atoms. The fourth-order valence-corrected chi connectivity index (χ4v) is 8.76. The van der Waals surface area contributed by atoms with Gasteiger partial charge in [-0.25, -0.2) is 0 Å². The summed E-state index contributed by atoms with van der Waals surface area (Å²) in [5.74, 6) is 0. The van der Waals surface area contributed by atoms with Crippen molar-refractivity contribution in [1.82, 2.24) is 0 Å². The molecule has 2 N–H and O–H groups in total. The lowest BCUT2D eigenvalue weighted by Gasteiger charge is -2.26. The first kappa shape index (κ1) is 35.7. The van der Waals surface area contributed by atoms with Crippen LogP contribution >= 0.6 is 0 Å². The Bertz CT molecular complexity index is 2310. The third-order valence-corrected chi connectivity index (χ3v) is 11.0. The minimum Gasteiger partial charge on any atom is -0.344 e. The highest BCUT2D eigenvalue weighted by atomic mass is 32.2. The summed E-state index contributed by atoms with van der Waals surface area (Å²) in [5.41, 5.74) is 11.1. The maximum Gasteiger partial charge on any atom is 0.295 e. The van der Waals surface area contributed by atoms with Crippen LogP contribution in [-0.4, -0.2) is 50.3 Å². The molecule has 8 nitrogen and oxygen atoms in total. The van der Waals surface area contributed by atoms with E-state index in [-0.39, 0.29) is 9.79 Å². The van der Waals surface area contributed by atoms with Gasteiger partial charge in [0.15, 0.2) is 0 Å². The number of hydrogen-bond donors (Lipinski definition) is 2. The number of rotatable bonds is 7. The molecule has 4 aromatic carbocycles. The fourth-order valence-electron chi connectivity index (χ4n) is 7.11. The van der Waals surface area contributed by atoms with Gasteiger partial charge in [-0.05, 0) is 117 Å². The van der Waals surface area contributed by atoms with Crippen molar-refractivity contribution in [2.24, 2.45) is 0 Å². The smallest absolute Gasteiger partial charge is 0.295 e. The van der Waals surface area contributed by atoms with E-state index in [0.29, 0.717) is 33.5 Å². The molecular formula is C39H41N2O6S2+. The summed E-state index contributed by atoms with van der Waals surface area (Å²) in [7, 11) is -5.17. The maximum absolute atomic E-state index is 12.6. The number of benzene rings is 4. The molecule has 0 saturated heterocycles. The quantitative estimate of drug-likeness (QED) is 0.148.